The van der Waals surface area contributed by atoms with Crippen molar-refractivity contribution in [3.63, 3.8) is 0 Å². The van der Waals surface area contributed by atoms with Crippen molar-refractivity contribution < 1.29 is 14.0 Å². The highest BCUT2D eigenvalue weighted by Gasteiger charge is 2.31. The van der Waals surface area contributed by atoms with Gasteiger partial charge in [0.2, 0.25) is 5.91 Å². The number of halogens is 1. The average molecular weight is 477 g/mol. The van der Waals surface area contributed by atoms with E-state index in [4.69, 9.17) is 0 Å². The smallest absolute Gasteiger partial charge is 0.257 e. The summed E-state index contributed by atoms with van der Waals surface area (Å²) >= 11 is 0. The number of rotatable bonds is 7. The van der Waals surface area contributed by atoms with Gasteiger partial charge in [-0.05, 0) is 68.4 Å². The number of aromatic nitrogens is 2. The summed E-state index contributed by atoms with van der Waals surface area (Å²) in [7, 11) is 0. The van der Waals surface area contributed by atoms with E-state index >= 15 is 0 Å². The molecule has 2 N–H and O–H groups in total. The molecule has 2 amide bonds. The highest BCUT2D eigenvalue weighted by molar-refractivity contribution is 5.99. The molecule has 1 aliphatic heterocycles. The number of pyridine rings is 1. The van der Waals surface area contributed by atoms with Gasteiger partial charge in [0.1, 0.15) is 17.3 Å². The van der Waals surface area contributed by atoms with Crippen LogP contribution in [0.1, 0.15) is 52.5 Å². The number of carbonyl (C=O) groups is 2. The first-order valence-electron chi connectivity index (χ1n) is 12.3. The predicted octanol–water partition coefficient (Wildman–Crippen LogP) is 5.93. The zero-order valence-electron chi connectivity index (χ0n) is 20.8. The summed E-state index contributed by atoms with van der Waals surface area (Å²) < 4.78 is 14.6. The number of aromatic amines is 1. The largest absolute Gasteiger partial charge is 0.346 e. The van der Waals surface area contributed by atoms with Crippen LogP contribution in [0, 0.1) is 11.8 Å². The second kappa shape index (κ2) is 10.4. The lowest BCUT2D eigenvalue weighted by molar-refractivity contribution is -0.127. The minimum absolute atomic E-state index is 0.00878. The zero-order valence-corrected chi connectivity index (χ0v) is 20.8. The van der Waals surface area contributed by atoms with Gasteiger partial charge in [-0.25, -0.2) is 9.37 Å². The molecule has 2 aliphatic rings. The topological polar surface area (TPSA) is 78.1 Å². The maximum absolute atomic E-state index is 14.6. The molecule has 0 spiro atoms. The van der Waals surface area contributed by atoms with Crippen molar-refractivity contribution in [3.05, 3.63) is 65.2 Å². The van der Waals surface area contributed by atoms with Crippen LogP contribution in [0.4, 0.5) is 10.2 Å². The monoisotopic (exact) mass is 476 g/mol. The van der Waals surface area contributed by atoms with E-state index < -0.39 is 5.83 Å². The Hall–Kier alpha value is -3.48. The van der Waals surface area contributed by atoms with E-state index in [1.54, 1.807) is 17.9 Å². The molecule has 0 saturated heterocycles. The van der Waals surface area contributed by atoms with Gasteiger partial charge < -0.3 is 15.2 Å². The summed E-state index contributed by atoms with van der Waals surface area (Å²) in [6, 6.07) is 3.89. The van der Waals surface area contributed by atoms with Crippen LogP contribution >= 0.6 is 0 Å². The van der Waals surface area contributed by atoms with Crippen LogP contribution in [0.3, 0.4) is 0 Å². The maximum atomic E-state index is 14.6. The molecular formula is C28H33FN4O2. The number of H-pyrrole nitrogens is 1. The van der Waals surface area contributed by atoms with Crippen molar-refractivity contribution in [1.29, 1.82) is 0 Å². The SMILES string of the molecule is C\C=C(F)/C(=C\C=C(/C)CC)C(=O)N1CC=C(c2cc(NC(=O)C3CC3)nc3[nH]ccc23)C(C)C1. The number of fused-ring (bicyclic) bond motifs is 1. The average Bonchev–Trinajstić information content (AvgIpc) is 3.61. The Morgan fingerprint density at radius 1 is 1.31 bits per heavy atom. The van der Waals surface area contributed by atoms with E-state index in [1.165, 1.54) is 6.08 Å². The van der Waals surface area contributed by atoms with E-state index in [1.807, 2.05) is 44.3 Å². The first-order valence-corrected chi connectivity index (χ1v) is 12.3. The van der Waals surface area contributed by atoms with E-state index in [2.05, 4.69) is 22.2 Å². The standard InChI is InChI=1S/C28H33FN4O2/c1-5-17(3)7-10-22(24(29)6-2)28(35)33-14-12-20(18(4)16-33)23-15-25(32-27(34)19-8-9-19)31-26-21(23)11-13-30-26/h6-7,10-13,15,18-19H,5,8-9,14,16H2,1-4H3,(H2,30,31,32,34)/b17-7+,22-10+,24-6+. The number of nitrogens with one attached hydrogen (secondary N) is 2. The number of amides is 2. The molecule has 3 heterocycles. The maximum Gasteiger partial charge on any atom is 0.257 e. The van der Waals surface area contributed by atoms with Crippen molar-refractivity contribution >= 4 is 34.2 Å². The van der Waals surface area contributed by atoms with Crippen molar-refractivity contribution in [2.75, 3.05) is 18.4 Å². The van der Waals surface area contributed by atoms with Gasteiger partial charge in [0, 0.05) is 30.6 Å². The Labute approximate surface area is 205 Å². The molecule has 2 aromatic heterocycles. The molecule has 35 heavy (non-hydrogen) atoms. The lowest BCUT2D eigenvalue weighted by Gasteiger charge is -2.32. The van der Waals surface area contributed by atoms with Gasteiger partial charge >= 0.3 is 0 Å². The Morgan fingerprint density at radius 2 is 2.09 bits per heavy atom. The molecule has 1 aliphatic carbocycles. The summed E-state index contributed by atoms with van der Waals surface area (Å²) in [5.74, 6) is -0.198. The predicted molar refractivity (Wildman–Crippen MR) is 138 cm³/mol. The second-order valence-corrected chi connectivity index (χ2v) is 9.41. The van der Waals surface area contributed by atoms with Gasteiger partial charge in [0.25, 0.3) is 5.91 Å². The minimum Gasteiger partial charge on any atom is -0.346 e. The van der Waals surface area contributed by atoms with Gasteiger partial charge in [0.15, 0.2) is 0 Å². The van der Waals surface area contributed by atoms with Gasteiger partial charge in [0.05, 0.1) is 5.57 Å². The third-order valence-corrected chi connectivity index (χ3v) is 6.72. The molecule has 184 valence electrons. The number of nitrogens with zero attached hydrogens (tertiary/aromatic N) is 2. The van der Waals surface area contributed by atoms with E-state index in [0.717, 1.165) is 41.4 Å². The fraction of sp³-hybridized carbons (Fsp3) is 0.393. The van der Waals surface area contributed by atoms with Gasteiger partial charge in [-0.15, -0.1) is 0 Å². The summed E-state index contributed by atoms with van der Waals surface area (Å²) in [4.78, 5) is 35.0. The molecule has 0 radical (unpaired) electrons. The van der Waals surface area contributed by atoms with Crippen LogP contribution in [0.2, 0.25) is 0 Å². The van der Waals surface area contributed by atoms with E-state index in [9.17, 15) is 14.0 Å². The Kier molecular flexibility index (Phi) is 7.34. The number of hydrogen-bond donors (Lipinski definition) is 2. The molecule has 0 aromatic carbocycles. The van der Waals surface area contributed by atoms with Crippen molar-refractivity contribution in [3.8, 4) is 0 Å². The van der Waals surface area contributed by atoms with E-state index in [0.29, 0.717) is 24.6 Å². The van der Waals surface area contributed by atoms with Gasteiger partial charge in [-0.2, -0.15) is 0 Å². The van der Waals surface area contributed by atoms with Crippen LogP contribution in [0.5, 0.6) is 0 Å². The van der Waals surface area contributed by atoms with Crippen LogP contribution in [0.25, 0.3) is 16.6 Å². The summed E-state index contributed by atoms with van der Waals surface area (Å²) in [6.45, 7) is 8.48. The Balaban J connectivity index is 1.62. The second-order valence-electron chi connectivity index (χ2n) is 9.41. The number of hydrogen-bond acceptors (Lipinski definition) is 3. The summed E-state index contributed by atoms with van der Waals surface area (Å²) in [5.41, 5.74) is 3.93. The third kappa shape index (κ3) is 5.45. The molecule has 6 nitrogen and oxygen atoms in total. The Bertz CT molecular complexity index is 1260. The summed E-state index contributed by atoms with van der Waals surface area (Å²) in [5, 5.41) is 3.91. The fourth-order valence-electron chi connectivity index (χ4n) is 4.29. The lowest BCUT2D eigenvalue weighted by atomic mass is 9.89. The normalized spacial score (nSPS) is 19.7. The van der Waals surface area contributed by atoms with Gasteiger partial charge in [-0.1, -0.05) is 37.6 Å². The molecule has 1 atom stereocenters. The Morgan fingerprint density at radius 3 is 2.74 bits per heavy atom. The zero-order chi connectivity index (χ0) is 25.1. The molecule has 4 rings (SSSR count). The van der Waals surface area contributed by atoms with Crippen LogP contribution in [-0.4, -0.2) is 39.8 Å². The third-order valence-electron chi connectivity index (χ3n) is 6.72. The first-order chi connectivity index (χ1) is 16.8. The molecule has 2 aromatic rings. The van der Waals surface area contributed by atoms with Crippen LogP contribution < -0.4 is 5.32 Å². The fourth-order valence-corrected chi connectivity index (χ4v) is 4.29. The highest BCUT2D eigenvalue weighted by Crippen LogP contribution is 2.35. The van der Waals surface area contributed by atoms with Crippen LogP contribution in [-0.2, 0) is 9.59 Å². The lowest BCUT2D eigenvalue weighted by Crippen LogP contribution is -2.39. The number of allylic oxidation sites excluding steroid dienone is 4. The van der Waals surface area contributed by atoms with E-state index in [-0.39, 0.29) is 29.2 Å². The first kappa shape index (κ1) is 24.6. The quantitative estimate of drug-likeness (QED) is 0.384. The minimum atomic E-state index is -0.517. The summed E-state index contributed by atoms with van der Waals surface area (Å²) in [6.07, 6.45) is 11.3. The highest BCUT2D eigenvalue weighted by atomic mass is 19.1. The van der Waals surface area contributed by atoms with Crippen LogP contribution in [0.15, 0.2) is 59.6 Å². The molecule has 1 fully saturated rings. The van der Waals surface area contributed by atoms with Crippen molar-refractivity contribution in [2.45, 2.75) is 47.0 Å². The van der Waals surface area contributed by atoms with Crippen molar-refractivity contribution in [1.82, 2.24) is 14.9 Å². The molecule has 1 unspecified atom stereocenters. The van der Waals surface area contributed by atoms with Crippen molar-refractivity contribution in [2.24, 2.45) is 11.8 Å². The molecule has 0 bridgehead atoms. The number of carbonyl (C=O) groups excluding carboxylic acids is 2. The molecular weight excluding hydrogens is 443 g/mol. The molecule has 1 saturated carbocycles. The van der Waals surface area contributed by atoms with Gasteiger partial charge in [-0.3, -0.25) is 9.59 Å². The number of anilines is 1. The molecule has 7 heteroatoms.